The monoisotopic (exact) mass is 480 g/mol. The van der Waals surface area contributed by atoms with Gasteiger partial charge in [0.25, 0.3) is 5.89 Å². The minimum Gasteiger partial charge on any atom is -0.497 e. The Balaban J connectivity index is 1.78. The molecule has 0 amide bonds. The standard InChI is InChI=1S/C25H28N4O2S2/c1-5-6-14-29-16(2)21(22(26-25(29)32)17-10-12-20(33-4)13-11-17)24-27-23(28-31-24)18-8-7-9-19(15-18)30-3/h7-13,15,22H,5-6,14H2,1-4H3,(H,26,32). The number of unbranched alkanes of at least 4 members (excludes halogenated alkanes) is 1. The second kappa shape index (κ2) is 10.4. The van der Waals surface area contributed by atoms with Crippen LogP contribution in [-0.2, 0) is 0 Å². The van der Waals surface area contributed by atoms with Gasteiger partial charge in [0, 0.05) is 22.7 Å². The Morgan fingerprint density at radius 2 is 2.00 bits per heavy atom. The van der Waals surface area contributed by atoms with Crippen molar-refractivity contribution >= 4 is 34.7 Å². The molecule has 33 heavy (non-hydrogen) atoms. The molecule has 0 fully saturated rings. The summed E-state index contributed by atoms with van der Waals surface area (Å²) >= 11 is 7.47. The molecular formula is C25H28N4O2S2. The molecule has 0 radical (unpaired) electrons. The number of nitrogens with one attached hydrogen (secondary N) is 1. The molecule has 2 aromatic carbocycles. The van der Waals surface area contributed by atoms with Gasteiger partial charge in [0.2, 0.25) is 5.82 Å². The predicted octanol–water partition coefficient (Wildman–Crippen LogP) is 5.93. The molecule has 1 aliphatic rings. The van der Waals surface area contributed by atoms with E-state index in [9.17, 15) is 0 Å². The summed E-state index contributed by atoms with van der Waals surface area (Å²) in [5.41, 5.74) is 3.91. The molecule has 0 bridgehead atoms. The van der Waals surface area contributed by atoms with Crippen LogP contribution in [0.2, 0.25) is 0 Å². The Hall–Kier alpha value is -2.84. The lowest BCUT2D eigenvalue weighted by atomic mass is 9.94. The van der Waals surface area contributed by atoms with Crippen molar-refractivity contribution < 1.29 is 9.26 Å². The molecule has 3 aromatic rings. The lowest BCUT2D eigenvalue weighted by Crippen LogP contribution is -2.46. The van der Waals surface area contributed by atoms with Gasteiger partial charge < -0.3 is 19.5 Å². The van der Waals surface area contributed by atoms with Crippen molar-refractivity contribution in [3.63, 3.8) is 0 Å². The maximum Gasteiger partial charge on any atom is 0.258 e. The van der Waals surface area contributed by atoms with E-state index in [1.807, 2.05) is 24.3 Å². The normalized spacial score (nSPS) is 16.2. The van der Waals surface area contributed by atoms with E-state index in [1.54, 1.807) is 18.9 Å². The lowest BCUT2D eigenvalue weighted by molar-refractivity contribution is 0.395. The molecule has 0 spiro atoms. The van der Waals surface area contributed by atoms with Gasteiger partial charge in [0.15, 0.2) is 5.11 Å². The van der Waals surface area contributed by atoms with Gasteiger partial charge in [-0.3, -0.25) is 0 Å². The number of benzene rings is 2. The van der Waals surface area contributed by atoms with Crippen LogP contribution >= 0.6 is 24.0 Å². The van der Waals surface area contributed by atoms with Gasteiger partial charge in [-0.25, -0.2) is 0 Å². The van der Waals surface area contributed by atoms with Crippen LogP contribution in [0, 0.1) is 0 Å². The molecule has 0 saturated carbocycles. The minimum atomic E-state index is -0.176. The molecule has 2 heterocycles. The Kier molecular flexibility index (Phi) is 7.35. The molecule has 0 saturated heterocycles. The third kappa shape index (κ3) is 4.91. The summed E-state index contributed by atoms with van der Waals surface area (Å²) in [6.45, 7) is 5.10. The second-order valence-electron chi connectivity index (χ2n) is 7.82. The van der Waals surface area contributed by atoms with Gasteiger partial charge in [-0.1, -0.05) is 42.8 Å². The Labute approximate surface area is 204 Å². The van der Waals surface area contributed by atoms with Gasteiger partial charge in [0.05, 0.1) is 18.7 Å². The second-order valence-corrected chi connectivity index (χ2v) is 9.08. The highest BCUT2D eigenvalue weighted by Crippen LogP contribution is 2.38. The van der Waals surface area contributed by atoms with Crippen LogP contribution in [-0.4, -0.2) is 40.1 Å². The minimum absolute atomic E-state index is 0.176. The number of hydrogen-bond donors (Lipinski definition) is 1. The molecule has 1 atom stereocenters. The zero-order valence-electron chi connectivity index (χ0n) is 19.3. The number of aromatic nitrogens is 2. The first kappa shape index (κ1) is 23.3. The van der Waals surface area contributed by atoms with Crippen molar-refractivity contribution in [2.75, 3.05) is 19.9 Å². The number of thiocarbonyl (C=S) groups is 1. The Morgan fingerprint density at radius 3 is 2.70 bits per heavy atom. The highest BCUT2D eigenvalue weighted by molar-refractivity contribution is 7.98. The lowest BCUT2D eigenvalue weighted by Gasteiger charge is -2.37. The number of rotatable bonds is 8. The first-order chi connectivity index (χ1) is 16.0. The average molecular weight is 481 g/mol. The molecule has 0 aliphatic carbocycles. The molecule has 6 nitrogen and oxygen atoms in total. The van der Waals surface area contributed by atoms with E-state index in [0.717, 1.165) is 52.6 Å². The number of nitrogens with zero attached hydrogens (tertiary/aromatic N) is 3. The first-order valence-corrected chi connectivity index (χ1v) is 12.6. The van der Waals surface area contributed by atoms with Gasteiger partial charge in [-0.05, 0) is 61.6 Å². The van der Waals surface area contributed by atoms with Crippen molar-refractivity contribution in [3.8, 4) is 17.1 Å². The molecular weight excluding hydrogens is 452 g/mol. The summed E-state index contributed by atoms with van der Waals surface area (Å²) in [5, 5.41) is 8.51. The fourth-order valence-electron chi connectivity index (χ4n) is 3.90. The summed E-state index contributed by atoms with van der Waals surface area (Å²) in [4.78, 5) is 8.12. The van der Waals surface area contributed by atoms with Crippen molar-refractivity contribution in [1.29, 1.82) is 0 Å². The van der Waals surface area contributed by atoms with Crippen LogP contribution in [0.3, 0.4) is 0 Å². The summed E-state index contributed by atoms with van der Waals surface area (Å²) in [7, 11) is 1.64. The smallest absolute Gasteiger partial charge is 0.258 e. The molecule has 1 N–H and O–H groups in total. The third-order valence-electron chi connectivity index (χ3n) is 5.77. The predicted molar refractivity (Wildman–Crippen MR) is 137 cm³/mol. The number of methoxy groups -OCH3 is 1. The fourth-order valence-corrected chi connectivity index (χ4v) is 4.66. The molecule has 172 valence electrons. The average Bonchev–Trinajstić information content (AvgIpc) is 3.33. The molecule has 4 rings (SSSR count). The Bertz CT molecular complexity index is 1160. The maximum absolute atomic E-state index is 5.81. The van der Waals surface area contributed by atoms with E-state index in [2.05, 4.69) is 59.7 Å². The summed E-state index contributed by atoms with van der Waals surface area (Å²) in [6, 6.07) is 16.0. The fraction of sp³-hybridized carbons (Fsp3) is 0.320. The van der Waals surface area contributed by atoms with Crippen LogP contribution in [0.15, 0.2) is 63.6 Å². The van der Waals surface area contributed by atoms with Crippen LogP contribution in [0.4, 0.5) is 0 Å². The van der Waals surface area contributed by atoms with Crippen molar-refractivity contribution in [1.82, 2.24) is 20.4 Å². The SMILES string of the molecule is CCCCN1C(=S)NC(c2ccc(SC)cc2)C(c2nc(-c3cccc(OC)c3)no2)=C1C. The number of allylic oxidation sites excluding steroid dienone is 1. The van der Waals surface area contributed by atoms with E-state index in [4.69, 9.17) is 26.5 Å². The first-order valence-electron chi connectivity index (χ1n) is 11.0. The summed E-state index contributed by atoms with van der Waals surface area (Å²) in [5.74, 6) is 1.76. The van der Waals surface area contributed by atoms with Crippen LogP contribution in [0.5, 0.6) is 5.75 Å². The van der Waals surface area contributed by atoms with Crippen molar-refractivity contribution in [2.24, 2.45) is 0 Å². The van der Waals surface area contributed by atoms with Gasteiger partial charge in [-0.2, -0.15) is 4.98 Å². The van der Waals surface area contributed by atoms with E-state index in [1.165, 1.54) is 4.90 Å². The van der Waals surface area contributed by atoms with E-state index >= 15 is 0 Å². The van der Waals surface area contributed by atoms with Gasteiger partial charge >= 0.3 is 0 Å². The summed E-state index contributed by atoms with van der Waals surface area (Å²) < 4.78 is 11.2. The zero-order valence-corrected chi connectivity index (χ0v) is 20.9. The molecule has 1 aliphatic heterocycles. The highest BCUT2D eigenvalue weighted by atomic mass is 32.2. The van der Waals surface area contributed by atoms with Gasteiger partial charge in [0.1, 0.15) is 5.75 Å². The van der Waals surface area contributed by atoms with Crippen molar-refractivity contribution in [2.45, 2.75) is 37.6 Å². The number of thioether (sulfide) groups is 1. The van der Waals surface area contributed by atoms with Gasteiger partial charge in [-0.15, -0.1) is 11.8 Å². The quantitative estimate of drug-likeness (QED) is 0.314. The number of hydrogen-bond acceptors (Lipinski definition) is 6. The van der Waals surface area contributed by atoms with Crippen LogP contribution in [0.25, 0.3) is 17.0 Å². The molecule has 1 unspecified atom stereocenters. The maximum atomic E-state index is 5.81. The largest absolute Gasteiger partial charge is 0.497 e. The van der Waals surface area contributed by atoms with E-state index in [0.29, 0.717) is 11.7 Å². The van der Waals surface area contributed by atoms with E-state index < -0.39 is 0 Å². The topological polar surface area (TPSA) is 63.4 Å². The van der Waals surface area contributed by atoms with Crippen LogP contribution in [0.1, 0.15) is 44.2 Å². The molecule has 1 aromatic heterocycles. The summed E-state index contributed by atoms with van der Waals surface area (Å²) in [6.07, 6.45) is 4.20. The zero-order chi connectivity index (χ0) is 23.4. The third-order valence-corrected chi connectivity index (χ3v) is 6.85. The van der Waals surface area contributed by atoms with E-state index in [-0.39, 0.29) is 6.04 Å². The Morgan fingerprint density at radius 1 is 1.21 bits per heavy atom. The molecule has 8 heteroatoms. The van der Waals surface area contributed by atoms with Crippen LogP contribution < -0.4 is 10.1 Å². The highest BCUT2D eigenvalue weighted by Gasteiger charge is 2.33. The van der Waals surface area contributed by atoms with Crippen molar-refractivity contribution in [3.05, 3.63) is 65.7 Å². The number of ether oxygens (including phenoxy) is 1.